The summed E-state index contributed by atoms with van der Waals surface area (Å²) in [7, 11) is -3.67. The number of halogens is 1. The molecule has 0 bridgehead atoms. The molecule has 36 heavy (non-hydrogen) atoms. The average molecular weight is 530 g/mol. The first kappa shape index (κ1) is 27.0. The Labute approximate surface area is 216 Å². The number of aryl methyl sites for hydroxylation is 1. The molecule has 0 fully saturated rings. The number of amides is 1. The first-order valence-electron chi connectivity index (χ1n) is 11.2. The van der Waals surface area contributed by atoms with Gasteiger partial charge in [-0.3, -0.25) is 9.10 Å². The number of ether oxygens (including phenoxy) is 2. The number of carbonyl (C=O) groups excluding carboxylic acids is 1. The van der Waals surface area contributed by atoms with Crippen LogP contribution in [-0.2, 0) is 21.4 Å². The summed E-state index contributed by atoms with van der Waals surface area (Å²) >= 11 is 5.92. The number of carbonyl (C=O) groups is 1. The monoisotopic (exact) mass is 529 g/mol. The molecule has 0 unspecified atom stereocenters. The highest BCUT2D eigenvalue weighted by atomic mass is 35.5. The molecule has 0 radical (unpaired) electrons. The van der Waals surface area contributed by atoms with E-state index in [0.717, 1.165) is 21.7 Å². The standard InChI is InChI=1S/C26H28ClN3O5S/c1-4-34-25-15-21(11-14-24(25)35-18-20-9-12-22(27)13-10-20)16-28-29-26(31)17-30(36(3,32)33)23-8-6-5-7-19(23)2/h5-16H,4,17-18H2,1-3H3,(H,29,31)/b28-16-. The third-order valence-corrected chi connectivity index (χ3v) is 6.43. The van der Waals surface area contributed by atoms with E-state index in [2.05, 4.69) is 10.5 Å². The number of para-hydroxylation sites is 1. The van der Waals surface area contributed by atoms with Crippen molar-refractivity contribution in [3.05, 3.63) is 88.4 Å². The minimum atomic E-state index is -3.67. The Balaban J connectivity index is 1.65. The highest BCUT2D eigenvalue weighted by Gasteiger charge is 2.22. The normalized spacial score (nSPS) is 11.3. The minimum Gasteiger partial charge on any atom is -0.490 e. The van der Waals surface area contributed by atoms with Crippen molar-refractivity contribution in [2.24, 2.45) is 5.10 Å². The molecule has 0 saturated carbocycles. The molecule has 3 rings (SSSR count). The van der Waals surface area contributed by atoms with Crippen LogP contribution < -0.4 is 19.2 Å². The van der Waals surface area contributed by atoms with Crippen LogP contribution >= 0.6 is 11.6 Å². The van der Waals surface area contributed by atoms with Crippen LogP contribution in [0.2, 0.25) is 5.02 Å². The second kappa shape index (κ2) is 12.4. The lowest BCUT2D eigenvalue weighted by molar-refractivity contribution is -0.119. The first-order chi connectivity index (χ1) is 17.2. The number of rotatable bonds is 11. The zero-order chi connectivity index (χ0) is 26.1. The number of hydrazone groups is 1. The maximum Gasteiger partial charge on any atom is 0.260 e. The molecule has 10 heteroatoms. The first-order valence-corrected chi connectivity index (χ1v) is 13.4. The fraction of sp³-hybridized carbons (Fsp3) is 0.231. The summed E-state index contributed by atoms with van der Waals surface area (Å²) in [6.07, 6.45) is 2.50. The predicted octanol–water partition coefficient (Wildman–Crippen LogP) is 4.54. The van der Waals surface area contributed by atoms with Crippen LogP contribution in [0.25, 0.3) is 0 Å². The average Bonchev–Trinajstić information content (AvgIpc) is 2.83. The van der Waals surface area contributed by atoms with E-state index < -0.39 is 22.5 Å². The number of nitrogens with zero attached hydrogens (tertiary/aromatic N) is 2. The van der Waals surface area contributed by atoms with Crippen LogP contribution in [0.1, 0.15) is 23.6 Å². The SMILES string of the molecule is CCOc1cc(/C=N\NC(=O)CN(c2ccccc2C)S(C)(=O)=O)ccc1OCc1ccc(Cl)cc1. The molecule has 0 heterocycles. The zero-order valence-electron chi connectivity index (χ0n) is 20.3. The number of hydrogen-bond donors (Lipinski definition) is 1. The molecular formula is C26H28ClN3O5S. The molecule has 1 amide bonds. The fourth-order valence-corrected chi connectivity index (χ4v) is 4.34. The van der Waals surface area contributed by atoms with Gasteiger partial charge in [-0.15, -0.1) is 0 Å². The lowest BCUT2D eigenvalue weighted by Crippen LogP contribution is -2.39. The van der Waals surface area contributed by atoms with Gasteiger partial charge in [0.1, 0.15) is 13.2 Å². The number of sulfonamides is 1. The third kappa shape index (κ3) is 7.73. The number of benzene rings is 3. The van der Waals surface area contributed by atoms with Gasteiger partial charge in [0.2, 0.25) is 10.0 Å². The van der Waals surface area contributed by atoms with Crippen molar-refractivity contribution in [3.8, 4) is 11.5 Å². The van der Waals surface area contributed by atoms with E-state index in [1.807, 2.05) is 19.1 Å². The maximum absolute atomic E-state index is 12.5. The topological polar surface area (TPSA) is 97.3 Å². The summed E-state index contributed by atoms with van der Waals surface area (Å²) in [4.78, 5) is 12.5. The highest BCUT2D eigenvalue weighted by molar-refractivity contribution is 7.92. The van der Waals surface area contributed by atoms with Gasteiger partial charge in [0.05, 0.1) is 24.8 Å². The number of nitrogens with one attached hydrogen (secondary N) is 1. The van der Waals surface area contributed by atoms with Crippen molar-refractivity contribution in [1.29, 1.82) is 0 Å². The summed E-state index contributed by atoms with van der Waals surface area (Å²) in [6, 6.07) is 19.6. The van der Waals surface area contributed by atoms with Crippen molar-refractivity contribution in [3.63, 3.8) is 0 Å². The summed E-state index contributed by atoms with van der Waals surface area (Å²) in [5.74, 6) is 0.521. The van der Waals surface area contributed by atoms with Gasteiger partial charge in [0, 0.05) is 5.02 Å². The van der Waals surface area contributed by atoms with Gasteiger partial charge in [-0.05, 0) is 66.9 Å². The van der Waals surface area contributed by atoms with Gasteiger partial charge < -0.3 is 9.47 Å². The van der Waals surface area contributed by atoms with Crippen molar-refractivity contribution in [1.82, 2.24) is 5.43 Å². The van der Waals surface area contributed by atoms with E-state index in [1.165, 1.54) is 6.21 Å². The molecule has 0 aliphatic heterocycles. The van der Waals surface area contributed by atoms with Gasteiger partial charge in [0.25, 0.3) is 5.91 Å². The van der Waals surface area contributed by atoms with Crippen LogP contribution in [0, 0.1) is 6.92 Å². The van der Waals surface area contributed by atoms with Gasteiger partial charge in [-0.1, -0.05) is 41.9 Å². The van der Waals surface area contributed by atoms with E-state index in [1.54, 1.807) is 61.5 Å². The van der Waals surface area contributed by atoms with E-state index in [9.17, 15) is 13.2 Å². The highest BCUT2D eigenvalue weighted by Crippen LogP contribution is 2.29. The molecular weight excluding hydrogens is 502 g/mol. The van der Waals surface area contributed by atoms with Crippen LogP contribution in [0.4, 0.5) is 5.69 Å². The Morgan fingerprint density at radius 2 is 1.78 bits per heavy atom. The molecule has 190 valence electrons. The Hall–Kier alpha value is -3.56. The molecule has 3 aromatic carbocycles. The Morgan fingerprint density at radius 3 is 2.44 bits per heavy atom. The summed E-state index contributed by atoms with van der Waals surface area (Å²) in [6.45, 7) is 4.03. The molecule has 0 aromatic heterocycles. The predicted molar refractivity (Wildman–Crippen MR) is 143 cm³/mol. The molecule has 1 N–H and O–H groups in total. The quantitative estimate of drug-likeness (QED) is 0.290. The molecule has 0 aliphatic rings. The van der Waals surface area contributed by atoms with Gasteiger partial charge in [-0.2, -0.15) is 5.10 Å². The van der Waals surface area contributed by atoms with E-state index in [-0.39, 0.29) is 0 Å². The maximum atomic E-state index is 12.5. The largest absolute Gasteiger partial charge is 0.490 e. The van der Waals surface area contributed by atoms with Crippen molar-refractivity contribution in [2.45, 2.75) is 20.5 Å². The van der Waals surface area contributed by atoms with Gasteiger partial charge in [-0.25, -0.2) is 13.8 Å². The zero-order valence-corrected chi connectivity index (χ0v) is 21.8. The minimum absolute atomic E-state index is 0.346. The summed E-state index contributed by atoms with van der Waals surface area (Å²) in [5.41, 5.74) is 5.18. The van der Waals surface area contributed by atoms with Crippen molar-refractivity contribution in [2.75, 3.05) is 23.7 Å². The fourth-order valence-electron chi connectivity index (χ4n) is 3.30. The third-order valence-electron chi connectivity index (χ3n) is 5.05. The summed E-state index contributed by atoms with van der Waals surface area (Å²) < 4.78 is 37.2. The van der Waals surface area contributed by atoms with Crippen molar-refractivity contribution >= 4 is 39.4 Å². The molecule has 0 saturated heterocycles. The smallest absolute Gasteiger partial charge is 0.260 e. The van der Waals surface area contributed by atoms with E-state index >= 15 is 0 Å². The molecule has 0 spiro atoms. The van der Waals surface area contributed by atoms with E-state index in [4.69, 9.17) is 21.1 Å². The second-order valence-corrected chi connectivity index (χ2v) is 10.2. The van der Waals surface area contributed by atoms with Gasteiger partial charge in [0.15, 0.2) is 11.5 Å². The van der Waals surface area contributed by atoms with Crippen LogP contribution in [0.5, 0.6) is 11.5 Å². The van der Waals surface area contributed by atoms with Crippen LogP contribution in [0.15, 0.2) is 71.8 Å². The molecule has 0 aliphatic carbocycles. The molecule has 0 atom stereocenters. The Kier molecular flexibility index (Phi) is 9.32. The molecule has 3 aromatic rings. The summed E-state index contributed by atoms with van der Waals surface area (Å²) in [5, 5.41) is 4.63. The lowest BCUT2D eigenvalue weighted by atomic mass is 10.2. The van der Waals surface area contributed by atoms with Crippen LogP contribution in [0.3, 0.4) is 0 Å². The molecule has 8 nitrogen and oxygen atoms in total. The Bertz CT molecular complexity index is 1330. The number of hydrogen-bond acceptors (Lipinski definition) is 6. The van der Waals surface area contributed by atoms with Gasteiger partial charge >= 0.3 is 0 Å². The van der Waals surface area contributed by atoms with Crippen molar-refractivity contribution < 1.29 is 22.7 Å². The lowest BCUT2D eigenvalue weighted by Gasteiger charge is -2.23. The second-order valence-electron chi connectivity index (χ2n) is 7.90. The Morgan fingerprint density at radius 1 is 1.06 bits per heavy atom. The number of anilines is 1. The van der Waals surface area contributed by atoms with Crippen LogP contribution in [-0.4, -0.2) is 39.9 Å². The van der Waals surface area contributed by atoms with E-state index in [0.29, 0.717) is 41.0 Å².